The summed E-state index contributed by atoms with van der Waals surface area (Å²) >= 11 is 0. The van der Waals surface area contributed by atoms with Gasteiger partial charge in [-0.1, -0.05) is 48.6 Å². The quantitative estimate of drug-likeness (QED) is 0.621. The second kappa shape index (κ2) is 5.66. The molecule has 26 heavy (non-hydrogen) atoms. The average Bonchev–Trinajstić information content (AvgIpc) is 3.39. The number of carbonyl (C=O) groups is 3. The number of cyclic esters (lactones) is 1. The fraction of sp³-hybridized carbons (Fsp3) is 0.381. The average molecular weight is 349 g/mol. The van der Waals surface area contributed by atoms with Gasteiger partial charge in [-0.3, -0.25) is 9.59 Å². The predicted octanol–water partition coefficient (Wildman–Crippen LogP) is 2.52. The Morgan fingerprint density at radius 2 is 1.88 bits per heavy atom. The van der Waals surface area contributed by atoms with Gasteiger partial charge in [0.1, 0.15) is 6.61 Å². The molecular formula is C21H19NO4. The lowest BCUT2D eigenvalue weighted by Gasteiger charge is -2.21. The molecule has 5 heteroatoms. The molecule has 1 aromatic carbocycles. The number of ketones is 1. The number of rotatable bonds is 3. The number of allylic oxidation sites excluding steroid dienone is 3. The third kappa shape index (κ3) is 2.19. The first-order valence-corrected chi connectivity index (χ1v) is 9.12. The summed E-state index contributed by atoms with van der Waals surface area (Å²) in [5.41, 5.74) is 1.20. The fourth-order valence-electron chi connectivity index (χ4n) is 4.96. The van der Waals surface area contributed by atoms with Gasteiger partial charge in [0.2, 0.25) is 0 Å². The Morgan fingerprint density at radius 1 is 1.12 bits per heavy atom. The van der Waals surface area contributed by atoms with Crippen molar-refractivity contribution in [2.45, 2.75) is 18.9 Å². The van der Waals surface area contributed by atoms with Crippen LogP contribution in [0.1, 0.15) is 12.0 Å². The molecule has 2 fully saturated rings. The second-order valence-corrected chi connectivity index (χ2v) is 7.59. The van der Waals surface area contributed by atoms with Gasteiger partial charge in [-0.2, -0.15) is 0 Å². The molecule has 1 heterocycles. The first-order valence-electron chi connectivity index (χ1n) is 9.12. The highest BCUT2D eigenvalue weighted by Crippen LogP contribution is 2.53. The van der Waals surface area contributed by atoms with Gasteiger partial charge in [-0.15, -0.1) is 0 Å². The lowest BCUT2D eigenvalue weighted by molar-refractivity contribution is -0.129. The van der Waals surface area contributed by atoms with E-state index >= 15 is 0 Å². The summed E-state index contributed by atoms with van der Waals surface area (Å²) < 4.78 is 5.13. The minimum absolute atomic E-state index is 0.102. The van der Waals surface area contributed by atoms with Crippen molar-refractivity contribution >= 4 is 17.8 Å². The molecule has 5 nitrogen and oxygen atoms in total. The van der Waals surface area contributed by atoms with Gasteiger partial charge in [0, 0.05) is 5.92 Å². The van der Waals surface area contributed by atoms with Crippen LogP contribution >= 0.6 is 0 Å². The Bertz CT molecular complexity index is 856. The van der Waals surface area contributed by atoms with Gasteiger partial charge in [0.05, 0.1) is 11.6 Å². The van der Waals surface area contributed by atoms with Gasteiger partial charge in [0.15, 0.2) is 5.78 Å². The lowest BCUT2D eigenvalue weighted by Crippen LogP contribution is -2.42. The molecule has 3 aliphatic carbocycles. The SMILES string of the molecule is O=C1C(C(=O)N2C(=O)OC[C@@H]2Cc2ccccc2)=C[C@@H]2[C@H]1[C@@H]1C=C[C@H]2C1. The van der Waals surface area contributed by atoms with Crippen LogP contribution in [0.5, 0.6) is 0 Å². The zero-order valence-electron chi connectivity index (χ0n) is 14.2. The minimum atomic E-state index is -0.650. The number of Topliss-reactive ketones (excluding diaryl/α,β-unsaturated/α-hetero) is 1. The molecule has 1 saturated heterocycles. The van der Waals surface area contributed by atoms with Crippen LogP contribution in [0.4, 0.5) is 4.79 Å². The maximum Gasteiger partial charge on any atom is 0.417 e. The standard InChI is InChI=1S/C21H19NO4/c23-19-17(10-16-13-6-7-14(9-13)18(16)19)20(24)22-15(11-26-21(22)25)8-12-4-2-1-3-5-12/h1-7,10,13-16,18H,8-9,11H2/t13-,14+,15-,16-,18+/m0/s1. The van der Waals surface area contributed by atoms with E-state index in [1.54, 1.807) is 0 Å². The van der Waals surface area contributed by atoms with Crippen LogP contribution in [0.15, 0.2) is 54.1 Å². The molecule has 1 saturated carbocycles. The molecule has 5 rings (SSSR count). The van der Waals surface area contributed by atoms with Crippen LogP contribution in [0, 0.1) is 23.7 Å². The summed E-state index contributed by atoms with van der Waals surface area (Å²) in [5, 5.41) is 0. The van der Waals surface area contributed by atoms with Gasteiger partial charge in [-0.25, -0.2) is 9.69 Å². The highest BCUT2D eigenvalue weighted by atomic mass is 16.6. The van der Waals surface area contributed by atoms with Crippen LogP contribution in [0.3, 0.4) is 0 Å². The van der Waals surface area contributed by atoms with Gasteiger partial charge < -0.3 is 4.74 Å². The maximum absolute atomic E-state index is 13.0. The van der Waals surface area contributed by atoms with Crippen molar-refractivity contribution in [3.63, 3.8) is 0 Å². The molecule has 0 spiro atoms. The number of carbonyl (C=O) groups excluding carboxylic acids is 3. The molecular weight excluding hydrogens is 330 g/mol. The number of ether oxygens (including phenoxy) is 1. The van der Waals surface area contributed by atoms with Crippen molar-refractivity contribution in [1.82, 2.24) is 4.90 Å². The van der Waals surface area contributed by atoms with Crippen LogP contribution < -0.4 is 0 Å². The third-order valence-corrected chi connectivity index (χ3v) is 6.17. The summed E-state index contributed by atoms with van der Waals surface area (Å²) in [5.74, 6) is -0.00498. The normalized spacial score (nSPS) is 34.2. The van der Waals surface area contributed by atoms with Gasteiger partial charge in [0.25, 0.3) is 5.91 Å². The molecule has 0 aromatic heterocycles. The van der Waals surface area contributed by atoms with Crippen molar-refractivity contribution in [3.05, 3.63) is 59.7 Å². The smallest absolute Gasteiger partial charge is 0.417 e. The van der Waals surface area contributed by atoms with E-state index in [9.17, 15) is 14.4 Å². The zero-order chi connectivity index (χ0) is 17.8. The molecule has 1 aliphatic heterocycles. The highest BCUT2D eigenvalue weighted by molar-refractivity contribution is 6.24. The first kappa shape index (κ1) is 15.6. The molecule has 0 unspecified atom stereocenters. The Kier molecular flexibility index (Phi) is 3.39. The van der Waals surface area contributed by atoms with Crippen molar-refractivity contribution in [3.8, 4) is 0 Å². The van der Waals surface area contributed by atoms with E-state index < -0.39 is 12.0 Å². The van der Waals surface area contributed by atoms with Gasteiger partial charge >= 0.3 is 6.09 Å². The summed E-state index contributed by atoms with van der Waals surface area (Å²) in [7, 11) is 0. The van der Waals surface area contributed by atoms with Crippen molar-refractivity contribution < 1.29 is 19.1 Å². The second-order valence-electron chi connectivity index (χ2n) is 7.59. The summed E-state index contributed by atoms with van der Waals surface area (Å²) in [6.07, 6.45) is 6.96. The van der Waals surface area contributed by atoms with Crippen molar-refractivity contribution in [2.75, 3.05) is 6.61 Å². The topological polar surface area (TPSA) is 63.7 Å². The van der Waals surface area contributed by atoms with E-state index in [0.29, 0.717) is 12.3 Å². The van der Waals surface area contributed by atoms with Crippen molar-refractivity contribution in [1.29, 1.82) is 0 Å². The van der Waals surface area contributed by atoms with Gasteiger partial charge in [-0.05, 0) is 36.2 Å². The van der Waals surface area contributed by atoms with Crippen LogP contribution in [0.25, 0.3) is 0 Å². The Morgan fingerprint density at radius 3 is 2.65 bits per heavy atom. The molecule has 2 bridgehead atoms. The van der Waals surface area contributed by atoms with E-state index in [1.165, 1.54) is 0 Å². The van der Waals surface area contributed by atoms with E-state index in [2.05, 4.69) is 12.2 Å². The monoisotopic (exact) mass is 349 g/mol. The molecule has 5 atom stereocenters. The largest absolute Gasteiger partial charge is 0.447 e. The third-order valence-electron chi connectivity index (χ3n) is 6.17. The number of hydrogen-bond acceptors (Lipinski definition) is 4. The number of imide groups is 1. The van der Waals surface area contributed by atoms with Crippen LogP contribution in [-0.4, -0.2) is 35.3 Å². The fourth-order valence-corrected chi connectivity index (χ4v) is 4.96. The van der Waals surface area contributed by atoms with E-state index in [1.807, 2.05) is 36.4 Å². The molecule has 4 aliphatic rings. The molecule has 0 N–H and O–H groups in total. The minimum Gasteiger partial charge on any atom is -0.447 e. The zero-order valence-corrected chi connectivity index (χ0v) is 14.2. The molecule has 2 amide bonds. The number of benzene rings is 1. The number of fused-ring (bicyclic) bond motifs is 5. The first-order chi connectivity index (χ1) is 12.6. The summed E-state index contributed by atoms with van der Waals surface area (Å²) in [6, 6.07) is 9.31. The van der Waals surface area contributed by atoms with E-state index in [4.69, 9.17) is 4.74 Å². The van der Waals surface area contributed by atoms with Crippen LogP contribution in [-0.2, 0) is 20.7 Å². The number of hydrogen-bond donors (Lipinski definition) is 0. The highest BCUT2D eigenvalue weighted by Gasteiger charge is 2.54. The lowest BCUT2D eigenvalue weighted by atomic mass is 9.85. The molecule has 0 radical (unpaired) electrons. The number of amides is 2. The van der Waals surface area contributed by atoms with Crippen molar-refractivity contribution in [2.24, 2.45) is 23.7 Å². The Balaban J connectivity index is 1.39. The Hall–Kier alpha value is -2.69. The van der Waals surface area contributed by atoms with Crippen LogP contribution in [0.2, 0.25) is 0 Å². The maximum atomic E-state index is 13.0. The van der Waals surface area contributed by atoms with E-state index in [0.717, 1.165) is 16.9 Å². The molecule has 132 valence electrons. The number of nitrogens with zero attached hydrogens (tertiary/aromatic N) is 1. The summed E-state index contributed by atoms with van der Waals surface area (Å²) in [4.78, 5) is 39.2. The van der Waals surface area contributed by atoms with E-state index in [-0.39, 0.29) is 41.8 Å². The Labute approximate surface area is 151 Å². The predicted molar refractivity (Wildman–Crippen MR) is 92.9 cm³/mol. The molecule has 1 aromatic rings. The summed E-state index contributed by atoms with van der Waals surface area (Å²) in [6.45, 7) is 0.167.